The van der Waals surface area contributed by atoms with Gasteiger partial charge in [0.1, 0.15) is 0 Å². The summed E-state index contributed by atoms with van der Waals surface area (Å²) in [5, 5.41) is 3.19. The van der Waals surface area contributed by atoms with Crippen molar-refractivity contribution < 1.29 is 9.59 Å². The Kier molecular flexibility index (Phi) is 5.51. The van der Waals surface area contributed by atoms with Crippen molar-refractivity contribution >= 4 is 11.7 Å². The number of rotatable bonds is 5. The number of likely N-dealkylation sites (tertiary alicyclic amines) is 1. The van der Waals surface area contributed by atoms with Crippen LogP contribution in [0.4, 0.5) is 0 Å². The fraction of sp³-hybridized carbons (Fsp3) is 0.529. The van der Waals surface area contributed by atoms with E-state index < -0.39 is 0 Å². The van der Waals surface area contributed by atoms with Gasteiger partial charge in [0, 0.05) is 30.6 Å². The number of benzene rings is 1. The molecule has 1 atom stereocenters. The van der Waals surface area contributed by atoms with E-state index in [1.165, 1.54) is 6.42 Å². The summed E-state index contributed by atoms with van der Waals surface area (Å²) in [5.41, 5.74) is 1.36. The van der Waals surface area contributed by atoms with E-state index in [4.69, 9.17) is 0 Å². The van der Waals surface area contributed by atoms with Crippen LogP contribution in [-0.4, -0.2) is 43.3 Å². The second-order valence-electron chi connectivity index (χ2n) is 5.67. The van der Waals surface area contributed by atoms with Crippen molar-refractivity contribution in [3.8, 4) is 0 Å². The molecule has 1 heterocycles. The van der Waals surface area contributed by atoms with Gasteiger partial charge in [0.2, 0.25) is 0 Å². The van der Waals surface area contributed by atoms with Crippen LogP contribution in [0.3, 0.4) is 0 Å². The molecular formula is C17H24N2O2. The molecule has 4 nitrogen and oxygen atoms in total. The molecular weight excluding hydrogens is 264 g/mol. The standard InChI is InChI=1S/C17H24N2O2/c1-3-16(20)14-6-8-15(9-7-14)17(21)19-10-4-5-13(12-19)11-18-2/h6-9,13,18H,3-5,10-12H2,1-2H3. The number of carbonyl (C=O) groups is 2. The number of piperidine rings is 1. The fourth-order valence-electron chi connectivity index (χ4n) is 2.89. The number of nitrogens with one attached hydrogen (secondary N) is 1. The number of ketones is 1. The Morgan fingerprint density at radius 1 is 1.24 bits per heavy atom. The van der Waals surface area contributed by atoms with Crippen LogP contribution in [0, 0.1) is 5.92 Å². The summed E-state index contributed by atoms with van der Waals surface area (Å²) in [6, 6.07) is 7.06. The van der Waals surface area contributed by atoms with Gasteiger partial charge in [-0.3, -0.25) is 9.59 Å². The Bertz CT molecular complexity index is 494. The average molecular weight is 288 g/mol. The third-order valence-corrected chi connectivity index (χ3v) is 4.07. The monoisotopic (exact) mass is 288 g/mol. The van der Waals surface area contributed by atoms with Gasteiger partial charge in [0.05, 0.1) is 0 Å². The molecule has 1 aromatic rings. The first-order valence-electron chi connectivity index (χ1n) is 7.72. The minimum absolute atomic E-state index is 0.0753. The molecule has 0 aromatic heterocycles. The molecule has 1 amide bonds. The van der Waals surface area contributed by atoms with E-state index in [0.717, 1.165) is 26.1 Å². The van der Waals surface area contributed by atoms with Crippen molar-refractivity contribution in [1.29, 1.82) is 0 Å². The van der Waals surface area contributed by atoms with Crippen molar-refractivity contribution in [3.63, 3.8) is 0 Å². The molecule has 0 bridgehead atoms. The molecule has 4 heteroatoms. The largest absolute Gasteiger partial charge is 0.338 e. The van der Waals surface area contributed by atoms with E-state index in [9.17, 15) is 9.59 Å². The van der Waals surface area contributed by atoms with Crippen LogP contribution in [0.25, 0.3) is 0 Å². The molecule has 1 fully saturated rings. The lowest BCUT2D eigenvalue weighted by molar-refractivity contribution is 0.0674. The molecule has 21 heavy (non-hydrogen) atoms. The smallest absolute Gasteiger partial charge is 0.253 e. The minimum Gasteiger partial charge on any atom is -0.338 e. The van der Waals surface area contributed by atoms with E-state index >= 15 is 0 Å². The van der Waals surface area contributed by atoms with E-state index in [2.05, 4.69) is 5.32 Å². The first-order chi connectivity index (χ1) is 10.2. The van der Waals surface area contributed by atoms with E-state index in [-0.39, 0.29) is 11.7 Å². The molecule has 0 aliphatic carbocycles. The van der Waals surface area contributed by atoms with Crippen LogP contribution in [0.1, 0.15) is 46.9 Å². The highest BCUT2D eigenvalue weighted by Crippen LogP contribution is 2.18. The topological polar surface area (TPSA) is 49.4 Å². The zero-order valence-electron chi connectivity index (χ0n) is 12.9. The number of hydrogen-bond donors (Lipinski definition) is 1. The summed E-state index contributed by atoms with van der Waals surface area (Å²) >= 11 is 0. The predicted molar refractivity (Wildman–Crippen MR) is 83.6 cm³/mol. The molecule has 0 saturated carbocycles. The summed E-state index contributed by atoms with van der Waals surface area (Å²) in [6.45, 7) is 4.44. The Hall–Kier alpha value is -1.68. The van der Waals surface area contributed by atoms with E-state index in [1.54, 1.807) is 24.3 Å². The number of Topliss-reactive ketones (excluding diaryl/α,β-unsaturated/α-hetero) is 1. The van der Waals surface area contributed by atoms with Gasteiger partial charge in [-0.1, -0.05) is 19.1 Å². The molecule has 2 rings (SSSR count). The molecule has 1 aliphatic rings. The zero-order valence-corrected chi connectivity index (χ0v) is 12.9. The maximum atomic E-state index is 12.5. The fourth-order valence-corrected chi connectivity index (χ4v) is 2.89. The first-order valence-corrected chi connectivity index (χ1v) is 7.72. The van der Waals surface area contributed by atoms with Gasteiger partial charge in [-0.2, -0.15) is 0 Å². The average Bonchev–Trinajstić information content (AvgIpc) is 2.54. The number of hydrogen-bond acceptors (Lipinski definition) is 3. The number of nitrogens with zero attached hydrogens (tertiary/aromatic N) is 1. The highest BCUT2D eigenvalue weighted by molar-refractivity contribution is 5.98. The lowest BCUT2D eigenvalue weighted by Gasteiger charge is -2.32. The molecule has 1 unspecified atom stereocenters. The lowest BCUT2D eigenvalue weighted by atomic mass is 9.97. The highest BCUT2D eigenvalue weighted by Gasteiger charge is 2.24. The predicted octanol–water partition coefficient (Wildman–Crippen LogP) is 2.35. The van der Waals surface area contributed by atoms with Crippen molar-refractivity contribution in [1.82, 2.24) is 10.2 Å². The summed E-state index contributed by atoms with van der Waals surface area (Å²) in [4.78, 5) is 26.1. The van der Waals surface area contributed by atoms with Crippen LogP contribution in [0.15, 0.2) is 24.3 Å². The maximum absolute atomic E-state index is 12.5. The van der Waals surface area contributed by atoms with Crippen LogP contribution in [-0.2, 0) is 0 Å². The van der Waals surface area contributed by atoms with Gasteiger partial charge in [0.25, 0.3) is 5.91 Å². The third-order valence-electron chi connectivity index (χ3n) is 4.07. The van der Waals surface area contributed by atoms with Gasteiger partial charge in [-0.05, 0) is 44.5 Å². The molecule has 1 aliphatic heterocycles. The molecule has 1 N–H and O–H groups in total. The Morgan fingerprint density at radius 3 is 2.52 bits per heavy atom. The second kappa shape index (κ2) is 7.36. The molecule has 1 saturated heterocycles. The Labute approximate surface area is 126 Å². The summed E-state index contributed by atoms with van der Waals surface area (Å²) in [6.07, 6.45) is 2.73. The van der Waals surface area contributed by atoms with Crippen molar-refractivity contribution in [2.45, 2.75) is 26.2 Å². The summed E-state index contributed by atoms with van der Waals surface area (Å²) in [7, 11) is 1.95. The van der Waals surface area contributed by atoms with Crippen LogP contribution < -0.4 is 5.32 Å². The van der Waals surface area contributed by atoms with Gasteiger partial charge in [0.15, 0.2) is 5.78 Å². The molecule has 0 spiro atoms. The van der Waals surface area contributed by atoms with Gasteiger partial charge in [-0.25, -0.2) is 0 Å². The minimum atomic E-state index is 0.0753. The quantitative estimate of drug-likeness (QED) is 0.846. The van der Waals surface area contributed by atoms with Gasteiger partial charge >= 0.3 is 0 Å². The normalized spacial score (nSPS) is 18.6. The Balaban J connectivity index is 2.03. The zero-order chi connectivity index (χ0) is 15.2. The maximum Gasteiger partial charge on any atom is 0.253 e. The highest BCUT2D eigenvalue weighted by atomic mass is 16.2. The van der Waals surface area contributed by atoms with E-state index in [1.807, 2.05) is 18.9 Å². The van der Waals surface area contributed by atoms with Crippen molar-refractivity contribution in [2.24, 2.45) is 5.92 Å². The molecule has 0 radical (unpaired) electrons. The van der Waals surface area contributed by atoms with Crippen LogP contribution in [0.5, 0.6) is 0 Å². The lowest BCUT2D eigenvalue weighted by Crippen LogP contribution is -2.42. The molecule has 114 valence electrons. The molecule has 1 aromatic carbocycles. The van der Waals surface area contributed by atoms with Crippen LogP contribution >= 0.6 is 0 Å². The Morgan fingerprint density at radius 2 is 1.90 bits per heavy atom. The van der Waals surface area contributed by atoms with Gasteiger partial charge < -0.3 is 10.2 Å². The SMILES string of the molecule is CCC(=O)c1ccc(C(=O)N2CCCC(CNC)C2)cc1. The van der Waals surface area contributed by atoms with Crippen molar-refractivity contribution in [2.75, 3.05) is 26.7 Å². The third kappa shape index (κ3) is 3.91. The van der Waals surface area contributed by atoms with E-state index in [0.29, 0.717) is 23.5 Å². The van der Waals surface area contributed by atoms with Crippen molar-refractivity contribution in [3.05, 3.63) is 35.4 Å². The number of carbonyl (C=O) groups excluding carboxylic acids is 2. The summed E-state index contributed by atoms with van der Waals surface area (Å²) in [5.74, 6) is 0.723. The second-order valence-corrected chi connectivity index (χ2v) is 5.67. The van der Waals surface area contributed by atoms with Gasteiger partial charge in [-0.15, -0.1) is 0 Å². The van der Waals surface area contributed by atoms with Crippen LogP contribution in [0.2, 0.25) is 0 Å². The number of amides is 1. The summed E-state index contributed by atoms with van der Waals surface area (Å²) < 4.78 is 0. The first kappa shape index (κ1) is 15.7.